The van der Waals surface area contributed by atoms with E-state index < -0.39 is 0 Å². The maximum Gasteiger partial charge on any atom is 0.0848 e. The lowest BCUT2D eigenvalue weighted by Gasteiger charge is -2.15. The van der Waals surface area contributed by atoms with Gasteiger partial charge in [0.2, 0.25) is 0 Å². The molecule has 1 N–H and O–H groups in total. The molecule has 0 saturated heterocycles. The smallest absolute Gasteiger partial charge is 0.0848 e. The van der Waals surface area contributed by atoms with Gasteiger partial charge in [-0.25, -0.2) is 4.68 Å². The van der Waals surface area contributed by atoms with Crippen molar-refractivity contribution in [1.29, 1.82) is 0 Å². The highest BCUT2D eigenvalue weighted by Crippen LogP contribution is 2.28. The number of nitrogens with one attached hydrogen (secondary N) is 1. The second-order valence-electron chi connectivity index (χ2n) is 5.28. The predicted octanol–water partition coefficient (Wildman–Crippen LogP) is 4.86. The zero-order valence-electron chi connectivity index (χ0n) is 12.9. The van der Waals surface area contributed by atoms with Crippen molar-refractivity contribution in [2.24, 2.45) is 0 Å². The molecule has 0 bridgehead atoms. The number of rotatable bonds is 5. The molecule has 1 unspecified atom stereocenters. The summed E-state index contributed by atoms with van der Waals surface area (Å²) < 4.78 is 1.80. The normalized spacial score (nSPS) is 12.7. The highest BCUT2D eigenvalue weighted by Gasteiger charge is 2.14. The van der Waals surface area contributed by atoms with Crippen molar-refractivity contribution < 1.29 is 0 Å². The lowest BCUT2D eigenvalue weighted by atomic mass is 10.1. The monoisotopic (exact) mass is 325 g/mol. The van der Waals surface area contributed by atoms with E-state index in [9.17, 15) is 0 Å². The Labute approximate surface area is 136 Å². The quantitative estimate of drug-likeness (QED) is 0.850. The van der Waals surface area contributed by atoms with Gasteiger partial charge in [-0.05, 0) is 51.4 Å². The molecule has 0 fully saturated rings. The van der Waals surface area contributed by atoms with Crippen molar-refractivity contribution >= 4 is 23.2 Å². The summed E-state index contributed by atoms with van der Waals surface area (Å²) in [5, 5.41) is 9.28. The Bertz CT molecular complexity index is 635. The van der Waals surface area contributed by atoms with Gasteiger partial charge in [0.1, 0.15) is 0 Å². The number of aromatic nitrogens is 2. The lowest BCUT2D eigenvalue weighted by Crippen LogP contribution is -2.19. The van der Waals surface area contributed by atoms with Crippen LogP contribution in [0.15, 0.2) is 18.2 Å². The van der Waals surface area contributed by atoms with Crippen LogP contribution in [0.2, 0.25) is 10.0 Å². The lowest BCUT2D eigenvalue weighted by molar-refractivity contribution is 0.570. The van der Waals surface area contributed by atoms with Gasteiger partial charge >= 0.3 is 0 Å². The number of hydrogen-bond donors (Lipinski definition) is 1. The van der Waals surface area contributed by atoms with Gasteiger partial charge in [0, 0.05) is 6.04 Å². The number of hydrogen-bond acceptors (Lipinski definition) is 2. The fraction of sp³-hybridized carbons (Fsp3) is 0.438. The number of aryl methyl sites for hydroxylation is 1. The van der Waals surface area contributed by atoms with E-state index >= 15 is 0 Å². The molecule has 1 aromatic carbocycles. The SMILES string of the molecule is CCCNC(C)c1ccc(-n2nc(C)c(Cl)c2C)c(Cl)c1. The average molecular weight is 326 g/mol. The molecular weight excluding hydrogens is 305 g/mol. The highest BCUT2D eigenvalue weighted by molar-refractivity contribution is 6.33. The molecule has 114 valence electrons. The predicted molar refractivity (Wildman–Crippen MR) is 89.8 cm³/mol. The molecule has 3 nitrogen and oxygen atoms in total. The summed E-state index contributed by atoms with van der Waals surface area (Å²) in [6.45, 7) is 9.12. The van der Waals surface area contributed by atoms with Crippen molar-refractivity contribution in [2.45, 2.75) is 40.2 Å². The zero-order chi connectivity index (χ0) is 15.6. The average Bonchev–Trinajstić information content (AvgIpc) is 2.72. The fourth-order valence-electron chi connectivity index (χ4n) is 2.30. The Balaban J connectivity index is 2.33. The molecule has 2 rings (SSSR count). The Morgan fingerprint density at radius 1 is 1.29 bits per heavy atom. The van der Waals surface area contributed by atoms with Crippen molar-refractivity contribution in [3.63, 3.8) is 0 Å². The molecular formula is C16H21Cl2N3. The van der Waals surface area contributed by atoms with Crippen LogP contribution in [0.1, 0.15) is 43.3 Å². The fourth-order valence-corrected chi connectivity index (χ4v) is 2.69. The van der Waals surface area contributed by atoms with Crippen LogP contribution in [0.4, 0.5) is 0 Å². The van der Waals surface area contributed by atoms with Gasteiger partial charge in [-0.3, -0.25) is 0 Å². The molecule has 0 saturated carbocycles. The maximum atomic E-state index is 6.44. The minimum atomic E-state index is 0.278. The van der Waals surface area contributed by atoms with Crippen LogP contribution >= 0.6 is 23.2 Å². The summed E-state index contributed by atoms with van der Waals surface area (Å²) >= 11 is 12.6. The third kappa shape index (κ3) is 3.42. The first-order valence-corrected chi connectivity index (χ1v) is 7.96. The molecule has 0 spiro atoms. The van der Waals surface area contributed by atoms with Crippen LogP contribution in [0, 0.1) is 13.8 Å². The van der Waals surface area contributed by atoms with Crippen LogP contribution in [0.5, 0.6) is 0 Å². The van der Waals surface area contributed by atoms with E-state index in [1.54, 1.807) is 4.68 Å². The molecule has 2 aromatic rings. The van der Waals surface area contributed by atoms with E-state index in [0.29, 0.717) is 10.0 Å². The van der Waals surface area contributed by atoms with Gasteiger partial charge in [0.05, 0.1) is 27.1 Å². The van der Waals surface area contributed by atoms with Gasteiger partial charge in [-0.1, -0.05) is 36.2 Å². The van der Waals surface area contributed by atoms with E-state index in [0.717, 1.165) is 30.0 Å². The summed E-state index contributed by atoms with van der Waals surface area (Å²) in [5.41, 5.74) is 3.74. The summed E-state index contributed by atoms with van der Waals surface area (Å²) in [7, 11) is 0. The highest BCUT2D eigenvalue weighted by atomic mass is 35.5. The van der Waals surface area contributed by atoms with E-state index in [2.05, 4.69) is 30.3 Å². The Kier molecular flexibility index (Phi) is 5.31. The summed E-state index contributed by atoms with van der Waals surface area (Å²) in [6.07, 6.45) is 1.11. The number of benzene rings is 1. The standard InChI is InChI=1S/C16H21Cl2N3/c1-5-8-19-10(2)13-6-7-15(14(17)9-13)21-12(4)16(18)11(3)20-21/h6-7,9-10,19H,5,8H2,1-4H3. The molecule has 5 heteroatoms. The summed E-state index contributed by atoms with van der Waals surface area (Å²) in [6, 6.07) is 6.35. The Morgan fingerprint density at radius 2 is 2.00 bits per heavy atom. The zero-order valence-corrected chi connectivity index (χ0v) is 14.4. The van der Waals surface area contributed by atoms with Crippen molar-refractivity contribution in [1.82, 2.24) is 15.1 Å². The molecule has 0 aliphatic carbocycles. The topological polar surface area (TPSA) is 29.9 Å². The minimum absolute atomic E-state index is 0.278. The maximum absolute atomic E-state index is 6.44. The van der Waals surface area contributed by atoms with Crippen LogP contribution in [-0.4, -0.2) is 16.3 Å². The minimum Gasteiger partial charge on any atom is -0.310 e. The van der Waals surface area contributed by atoms with Gasteiger partial charge in [-0.15, -0.1) is 0 Å². The molecule has 1 atom stereocenters. The summed E-state index contributed by atoms with van der Waals surface area (Å²) in [5.74, 6) is 0. The molecule has 0 aliphatic heterocycles. The number of nitrogens with zero attached hydrogens (tertiary/aromatic N) is 2. The first kappa shape index (κ1) is 16.3. The first-order chi connectivity index (χ1) is 9.95. The van der Waals surface area contributed by atoms with E-state index in [1.807, 2.05) is 26.0 Å². The third-order valence-electron chi connectivity index (χ3n) is 3.60. The van der Waals surface area contributed by atoms with E-state index in [-0.39, 0.29) is 6.04 Å². The van der Waals surface area contributed by atoms with Gasteiger partial charge in [0.25, 0.3) is 0 Å². The Hall–Kier alpha value is -1.03. The molecule has 0 aliphatic rings. The van der Waals surface area contributed by atoms with Gasteiger partial charge in [0.15, 0.2) is 0 Å². The molecule has 1 heterocycles. The van der Waals surface area contributed by atoms with Crippen molar-refractivity contribution in [3.8, 4) is 5.69 Å². The van der Waals surface area contributed by atoms with Crippen LogP contribution in [-0.2, 0) is 0 Å². The first-order valence-electron chi connectivity index (χ1n) is 7.20. The molecule has 1 aromatic heterocycles. The van der Waals surface area contributed by atoms with Gasteiger partial charge in [-0.2, -0.15) is 5.10 Å². The number of halogens is 2. The molecule has 0 amide bonds. The molecule has 21 heavy (non-hydrogen) atoms. The van der Waals surface area contributed by atoms with E-state index in [4.69, 9.17) is 23.2 Å². The second-order valence-corrected chi connectivity index (χ2v) is 6.07. The Morgan fingerprint density at radius 3 is 2.52 bits per heavy atom. The van der Waals surface area contributed by atoms with Crippen molar-refractivity contribution in [2.75, 3.05) is 6.54 Å². The summed E-state index contributed by atoms with van der Waals surface area (Å²) in [4.78, 5) is 0. The van der Waals surface area contributed by atoms with Gasteiger partial charge < -0.3 is 5.32 Å². The largest absolute Gasteiger partial charge is 0.310 e. The van der Waals surface area contributed by atoms with E-state index in [1.165, 1.54) is 5.56 Å². The second kappa shape index (κ2) is 6.82. The third-order valence-corrected chi connectivity index (χ3v) is 4.45. The van der Waals surface area contributed by atoms with Crippen molar-refractivity contribution in [3.05, 3.63) is 45.2 Å². The van der Waals surface area contributed by atoms with Crippen LogP contribution in [0.3, 0.4) is 0 Å². The molecule has 0 radical (unpaired) electrons. The van der Waals surface area contributed by atoms with Crippen LogP contribution < -0.4 is 5.32 Å². The van der Waals surface area contributed by atoms with Crippen LogP contribution in [0.25, 0.3) is 5.69 Å².